The van der Waals surface area contributed by atoms with Crippen LogP contribution in [0.15, 0.2) is 0 Å². The monoisotopic (exact) mass is 237 g/mol. The zero-order valence-corrected chi connectivity index (χ0v) is 10.1. The molecule has 1 nitrogen and oxygen atoms in total. The molecule has 2 atom stereocenters. The number of halogens is 3. The van der Waals surface area contributed by atoms with E-state index in [0.29, 0.717) is 31.7 Å². The van der Waals surface area contributed by atoms with Crippen LogP contribution in [-0.2, 0) is 0 Å². The van der Waals surface area contributed by atoms with Crippen molar-refractivity contribution in [2.75, 3.05) is 6.54 Å². The summed E-state index contributed by atoms with van der Waals surface area (Å²) in [5.74, 6) is -0.589. The standard InChI is InChI=1S/C12H22F3N/c1-9(2)7-8-16-11-6-4-3-5-10(11)12(13,14)15/h9-11,16H,3-8H2,1-2H3. The molecule has 16 heavy (non-hydrogen) atoms. The lowest BCUT2D eigenvalue weighted by atomic mass is 9.84. The van der Waals surface area contributed by atoms with Gasteiger partial charge in [-0.2, -0.15) is 13.2 Å². The third-order valence-corrected chi connectivity index (χ3v) is 3.31. The Hall–Kier alpha value is -0.250. The fourth-order valence-electron chi connectivity index (χ4n) is 2.32. The smallest absolute Gasteiger partial charge is 0.313 e. The fourth-order valence-corrected chi connectivity index (χ4v) is 2.32. The second-order valence-electron chi connectivity index (χ2n) is 5.18. The van der Waals surface area contributed by atoms with Gasteiger partial charge in [-0.1, -0.05) is 26.7 Å². The number of rotatable bonds is 4. The predicted molar refractivity (Wildman–Crippen MR) is 59.3 cm³/mol. The van der Waals surface area contributed by atoms with E-state index in [1.54, 1.807) is 0 Å². The van der Waals surface area contributed by atoms with E-state index < -0.39 is 12.1 Å². The Bertz CT molecular complexity index is 201. The summed E-state index contributed by atoms with van der Waals surface area (Å²) in [6, 6.07) is -0.354. The minimum atomic E-state index is -4.03. The first-order valence-electron chi connectivity index (χ1n) is 6.21. The van der Waals surface area contributed by atoms with Gasteiger partial charge in [0.15, 0.2) is 0 Å². The Labute approximate surface area is 95.8 Å². The van der Waals surface area contributed by atoms with Gasteiger partial charge in [-0.15, -0.1) is 0 Å². The Balaban J connectivity index is 2.41. The normalized spacial score (nSPS) is 27.4. The summed E-state index contributed by atoms with van der Waals surface area (Å²) in [7, 11) is 0. The molecule has 0 bridgehead atoms. The fraction of sp³-hybridized carbons (Fsp3) is 1.00. The second-order valence-corrected chi connectivity index (χ2v) is 5.18. The average Bonchev–Trinajstić information content (AvgIpc) is 2.16. The zero-order chi connectivity index (χ0) is 12.2. The third kappa shape index (κ3) is 4.32. The predicted octanol–water partition coefficient (Wildman–Crippen LogP) is 3.74. The van der Waals surface area contributed by atoms with Gasteiger partial charge in [0, 0.05) is 6.04 Å². The van der Waals surface area contributed by atoms with Crippen molar-refractivity contribution in [3.63, 3.8) is 0 Å². The highest BCUT2D eigenvalue weighted by atomic mass is 19.4. The number of alkyl halides is 3. The van der Waals surface area contributed by atoms with E-state index in [2.05, 4.69) is 19.2 Å². The van der Waals surface area contributed by atoms with E-state index in [-0.39, 0.29) is 6.04 Å². The molecule has 0 amide bonds. The van der Waals surface area contributed by atoms with Gasteiger partial charge in [-0.3, -0.25) is 0 Å². The molecule has 0 aliphatic heterocycles. The maximum atomic E-state index is 12.7. The van der Waals surface area contributed by atoms with Crippen LogP contribution in [-0.4, -0.2) is 18.8 Å². The Morgan fingerprint density at radius 2 is 1.81 bits per heavy atom. The molecule has 0 aromatic rings. The Morgan fingerprint density at radius 3 is 2.38 bits per heavy atom. The summed E-state index contributed by atoms with van der Waals surface area (Å²) in [5, 5.41) is 3.09. The van der Waals surface area contributed by atoms with Crippen molar-refractivity contribution < 1.29 is 13.2 Å². The zero-order valence-electron chi connectivity index (χ0n) is 10.1. The summed E-state index contributed by atoms with van der Waals surface area (Å²) < 4.78 is 38.2. The van der Waals surface area contributed by atoms with Crippen LogP contribution in [0.3, 0.4) is 0 Å². The van der Waals surface area contributed by atoms with Gasteiger partial charge < -0.3 is 5.32 Å². The summed E-state index contributed by atoms with van der Waals surface area (Å²) in [6.45, 7) is 4.88. The first kappa shape index (κ1) is 13.8. The van der Waals surface area contributed by atoms with Crippen molar-refractivity contribution in [3.05, 3.63) is 0 Å². The summed E-state index contributed by atoms with van der Waals surface area (Å²) in [4.78, 5) is 0. The van der Waals surface area contributed by atoms with E-state index >= 15 is 0 Å². The highest BCUT2D eigenvalue weighted by Crippen LogP contribution is 2.37. The summed E-state index contributed by atoms with van der Waals surface area (Å²) in [5.41, 5.74) is 0. The van der Waals surface area contributed by atoms with Crippen LogP contribution >= 0.6 is 0 Å². The van der Waals surface area contributed by atoms with Crippen molar-refractivity contribution in [1.82, 2.24) is 5.32 Å². The molecule has 0 aromatic heterocycles. The lowest BCUT2D eigenvalue weighted by Gasteiger charge is -2.33. The van der Waals surface area contributed by atoms with E-state index in [9.17, 15) is 13.2 Å². The molecule has 2 unspecified atom stereocenters. The minimum absolute atomic E-state index is 0.294. The number of nitrogens with one attached hydrogen (secondary N) is 1. The van der Waals surface area contributed by atoms with Crippen molar-refractivity contribution in [3.8, 4) is 0 Å². The largest absolute Gasteiger partial charge is 0.393 e. The SMILES string of the molecule is CC(C)CCNC1CCCCC1C(F)(F)F. The first-order valence-corrected chi connectivity index (χ1v) is 6.21. The van der Waals surface area contributed by atoms with Crippen LogP contribution in [0.4, 0.5) is 13.2 Å². The van der Waals surface area contributed by atoms with E-state index in [1.807, 2.05) is 0 Å². The van der Waals surface area contributed by atoms with Crippen molar-refractivity contribution in [2.45, 2.75) is 58.2 Å². The molecule has 1 aliphatic carbocycles. The van der Waals surface area contributed by atoms with Crippen molar-refractivity contribution in [1.29, 1.82) is 0 Å². The van der Waals surface area contributed by atoms with E-state index in [0.717, 1.165) is 12.8 Å². The third-order valence-electron chi connectivity index (χ3n) is 3.31. The minimum Gasteiger partial charge on any atom is -0.313 e. The molecule has 1 saturated carbocycles. The van der Waals surface area contributed by atoms with Gasteiger partial charge in [0.05, 0.1) is 5.92 Å². The van der Waals surface area contributed by atoms with Gasteiger partial charge in [-0.25, -0.2) is 0 Å². The molecule has 0 spiro atoms. The molecule has 0 heterocycles. The van der Waals surface area contributed by atoms with Gasteiger partial charge in [-0.05, 0) is 31.7 Å². The molecular formula is C12H22F3N. The van der Waals surface area contributed by atoms with Gasteiger partial charge in [0.25, 0.3) is 0 Å². The summed E-state index contributed by atoms with van der Waals surface area (Å²) in [6.07, 6.45) is -0.486. The molecular weight excluding hydrogens is 215 g/mol. The topological polar surface area (TPSA) is 12.0 Å². The maximum absolute atomic E-state index is 12.7. The first-order chi connectivity index (χ1) is 7.41. The van der Waals surface area contributed by atoms with E-state index in [4.69, 9.17) is 0 Å². The van der Waals surface area contributed by atoms with Crippen LogP contribution in [0.25, 0.3) is 0 Å². The van der Waals surface area contributed by atoms with Crippen LogP contribution in [0.2, 0.25) is 0 Å². The lowest BCUT2D eigenvalue weighted by molar-refractivity contribution is -0.188. The lowest BCUT2D eigenvalue weighted by Crippen LogP contribution is -2.45. The van der Waals surface area contributed by atoms with E-state index in [1.165, 1.54) is 0 Å². The highest BCUT2D eigenvalue weighted by Gasteiger charge is 2.45. The van der Waals surface area contributed by atoms with Crippen molar-refractivity contribution >= 4 is 0 Å². The molecule has 4 heteroatoms. The molecule has 1 rings (SSSR count). The quantitative estimate of drug-likeness (QED) is 0.785. The highest BCUT2D eigenvalue weighted by molar-refractivity contribution is 4.85. The average molecular weight is 237 g/mol. The van der Waals surface area contributed by atoms with Gasteiger partial charge >= 0.3 is 6.18 Å². The molecule has 0 radical (unpaired) electrons. The summed E-state index contributed by atoms with van der Waals surface area (Å²) >= 11 is 0. The molecule has 1 aliphatic rings. The van der Waals surface area contributed by atoms with Gasteiger partial charge in [0.2, 0.25) is 0 Å². The molecule has 1 fully saturated rings. The van der Waals surface area contributed by atoms with Crippen LogP contribution < -0.4 is 5.32 Å². The molecule has 0 aromatic carbocycles. The second kappa shape index (κ2) is 5.89. The van der Waals surface area contributed by atoms with Crippen LogP contribution in [0.5, 0.6) is 0 Å². The van der Waals surface area contributed by atoms with Crippen LogP contribution in [0.1, 0.15) is 46.0 Å². The number of hydrogen-bond acceptors (Lipinski definition) is 1. The Kier molecular flexibility index (Phi) is 5.09. The maximum Gasteiger partial charge on any atom is 0.393 e. The van der Waals surface area contributed by atoms with Crippen molar-refractivity contribution in [2.24, 2.45) is 11.8 Å². The Morgan fingerprint density at radius 1 is 1.19 bits per heavy atom. The molecule has 1 N–H and O–H groups in total. The molecule has 0 saturated heterocycles. The van der Waals surface area contributed by atoms with Crippen LogP contribution in [0, 0.1) is 11.8 Å². The molecule has 96 valence electrons. The number of hydrogen-bond donors (Lipinski definition) is 1. The van der Waals surface area contributed by atoms with Gasteiger partial charge in [0.1, 0.15) is 0 Å².